The molecule has 0 saturated heterocycles. The van der Waals surface area contributed by atoms with E-state index < -0.39 is 0 Å². The highest BCUT2D eigenvalue weighted by atomic mass is 35.5. The van der Waals surface area contributed by atoms with Crippen LogP contribution < -0.4 is 27.0 Å². The summed E-state index contributed by atoms with van der Waals surface area (Å²) in [7, 11) is 0. The molecular weight excluding hydrogens is 422 g/mol. The van der Waals surface area contributed by atoms with Crippen LogP contribution in [0.2, 0.25) is 0 Å². The number of H-pyrrole nitrogens is 1. The van der Waals surface area contributed by atoms with Crippen molar-refractivity contribution in [3.8, 4) is 11.4 Å². The zero-order valence-corrected chi connectivity index (χ0v) is 17.8. The average molecular weight is 442 g/mol. The Balaban J connectivity index is 0.00000256. The summed E-state index contributed by atoms with van der Waals surface area (Å²) in [6.07, 6.45) is 3.69. The van der Waals surface area contributed by atoms with E-state index in [4.69, 9.17) is 4.74 Å². The molecule has 2 N–H and O–H groups in total. The van der Waals surface area contributed by atoms with Crippen molar-refractivity contribution in [1.29, 1.82) is 0 Å². The number of aromatic amines is 1. The molecule has 7 nitrogen and oxygen atoms in total. The number of ether oxygens (including phenoxy) is 1. The van der Waals surface area contributed by atoms with Gasteiger partial charge in [-0.15, -0.1) is 0 Å². The predicted molar refractivity (Wildman–Crippen MR) is 112 cm³/mol. The number of benzene rings is 2. The van der Waals surface area contributed by atoms with Crippen molar-refractivity contribution in [1.82, 2.24) is 15.2 Å². The summed E-state index contributed by atoms with van der Waals surface area (Å²) < 4.78 is 7.53. The normalized spacial score (nSPS) is 10.4. The van der Waals surface area contributed by atoms with Crippen LogP contribution in [-0.2, 0) is 4.79 Å². The number of amides is 1. The second kappa shape index (κ2) is 10.1. The molecule has 0 atom stereocenters. The first kappa shape index (κ1) is 21.6. The van der Waals surface area contributed by atoms with Gasteiger partial charge in [-0.3, -0.25) is 4.79 Å². The molecule has 0 spiro atoms. The zero-order chi connectivity index (χ0) is 20.1. The number of thioether (sulfide) groups is 1. The van der Waals surface area contributed by atoms with Crippen LogP contribution in [0.3, 0.4) is 0 Å². The third kappa shape index (κ3) is 4.90. The Morgan fingerprint density at radius 1 is 1.17 bits per heavy atom. The van der Waals surface area contributed by atoms with Gasteiger partial charge < -0.3 is 22.5 Å². The van der Waals surface area contributed by atoms with E-state index in [2.05, 4.69) is 20.5 Å². The summed E-state index contributed by atoms with van der Waals surface area (Å²) in [5.41, 5.74) is 2.31. The lowest BCUT2D eigenvalue weighted by molar-refractivity contribution is -0.639. The number of carbonyl (C=O) groups excluding carboxylic acids is 1. The summed E-state index contributed by atoms with van der Waals surface area (Å²) in [6.45, 7) is 2.45. The Hall–Kier alpha value is -3.10. The van der Waals surface area contributed by atoms with Gasteiger partial charge in [-0.1, -0.05) is 30.3 Å². The number of anilines is 1. The molecule has 154 valence electrons. The molecule has 0 unspecified atom stereocenters. The van der Waals surface area contributed by atoms with Gasteiger partial charge in [-0.2, -0.15) is 9.67 Å². The Morgan fingerprint density at radius 2 is 1.93 bits per heavy atom. The van der Waals surface area contributed by atoms with Gasteiger partial charge in [-0.05, 0) is 47.9 Å². The number of carbonyl (C=O) groups is 1. The van der Waals surface area contributed by atoms with E-state index in [0.29, 0.717) is 28.8 Å². The molecule has 2 aromatic carbocycles. The molecule has 0 aliphatic heterocycles. The van der Waals surface area contributed by atoms with Gasteiger partial charge in [0.25, 0.3) is 5.65 Å². The highest BCUT2D eigenvalue weighted by Gasteiger charge is 2.20. The SMILES string of the molecule is CCOc1ccccc1NC(=O)CSc1nc2[nH]ncc2c[n+]1-c1ccccc1.[Cl-]. The summed E-state index contributed by atoms with van der Waals surface area (Å²) in [5.74, 6) is 0.734. The van der Waals surface area contributed by atoms with Gasteiger partial charge in [0.15, 0.2) is 0 Å². The van der Waals surface area contributed by atoms with Crippen LogP contribution in [0.25, 0.3) is 16.7 Å². The first-order valence-electron chi connectivity index (χ1n) is 9.20. The van der Waals surface area contributed by atoms with E-state index in [9.17, 15) is 4.79 Å². The minimum absolute atomic E-state index is 0. The molecule has 0 aliphatic carbocycles. The second-order valence-corrected chi connectivity index (χ2v) is 7.11. The third-order valence-electron chi connectivity index (χ3n) is 4.16. The number of hydrogen-bond donors (Lipinski definition) is 2. The molecule has 0 saturated carbocycles. The van der Waals surface area contributed by atoms with Crippen LogP contribution in [0.4, 0.5) is 5.69 Å². The van der Waals surface area contributed by atoms with E-state index in [1.165, 1.54) is 11.8 Å². The van der Waals surface area contributed by atoms with E-state index in [0.717, 1.165) is 11.1 Å². The molecule has 0 radical (unpaired) electrons. The van der Waals surface area contributed by atoms with Crippen molar-refractivity contribution in [2.24, 2.45) is 0 Å². The number of fused-ring (bicyclic) bond motifs is 1. The molecule has 4 aromatic rings. The second-order valence-electron chi connectivity index (χ2n) is 6.17. The highest BCUT2D eigenvalue weighted by molar-refractivity contribution is 7.99. The van der Waals surface area contributed by atoms with Crippen molar-refractivity contribution in [3.05, 3.63) is 67.0 Å². The molecule has 0 aliphatic rings. The Kier molecular flexibility index (Phi) is 7.26. The molecule has 4 rings (SSSR count). The van der Waals surface area contributed by atoms with Gasteiger partial charge >= 0.3 is 5.16 Å². The van der Waals surface area contributed by atoms with E-state index in [-0.39, 0.29) is 24.1 Å². The quantitative estimate of drug-likeness (QED) is 0.246. The molecule has 0 fully saturated rings. The average Bonchev–Trinajstić information content (AvgIpc) is 3.21. The van der Waals surface area contributed by atoms with Crippen LogP contribution >= 0.6 is 11.8 Å². The zero-order valence-electron chi connectivity index (χ0n) is 16.2. The molecular formula is C21H20ClN5O2S. The smallest absolute Gasteiger partial charge is 0.367 e. The lowest BCUT2D eigenvalue weighted by atomic mass is 10.3. The highest BCUT2D eigenvalue weighted by Crippen LogP contribution is 2.24. The van der Waals surface area contributed by atoms with Gasteiger partial charge in [-0.25, -0.2) is 5.10 Å². The fourth-order valence-corrected chi connectivity index (χ4v) is 3.64. The van der Waals surface area contributed by atoms with Gasteiger partial charge in [0.1, 0.15) is 23.0 Å². The maximum atomic E-state index is 12.6. The predicted octanol–water partition coefficient (Wildman–Crippen LogP) is 0.368. The first-order chi connectivity index (χ1) is 14.2. The topological polar surface area (TPSA) is 83.8 Å². The minimum atomic E-state index is -0.131. The third-order valence-corrected chi connectivity index (χ3v) is 5.11. The molecule has 30 heavy (non-hydrogen) atoms. The van der Waals surface area contributed by atoms with E-state index in [1.54, 1.807) is 6.20 Å². The summed E-state index contributed by atoms with van der Waals surface area (Å²) in [5, 5.41) is 11.4. The van der Waals surface area contributed by atoms with Crippen LogP contribution in [0.1, 0.15) is 6.92 Å². The van der Waals surface area contributed by atoms with Crippen LogP contribution in [-0.4, -0.2) is 33.4 Å². The Bertz CT molecular complexity index is 1140. The van der Waals surface area contributed by atoms with Crippen LogP contribution in [0, 0.1) is 0 Å². The van der Waals surface area contributed by atoms with E-state index in [1.807, 2.05) is 72.3 Å². The molecule has 2 heterocycles. The lowest BCUT2D eigenvalue weighted by Gasteiger charge is -2.10. The van der Waals surface area contributed by atoms with E-state index >= 15 is 0 Å². The molecule has 2 aromatic heterocycles. The molecule has 0 bridgehead atoms. The van der Waals surface area contributed by atoms with Crippen LogP contribution in [0.5, 0.6) is 5.75 Å². The van der Waals surface area contributed by atoms with Gasteiger partial charge in [0, 0.05) is 0 Å². The Labute approximate surface area is 184 Å². The maximum Gasteiger partial charge on any atom is 0.367 e. The van der Waals surface area contributed by atoms with Gasteiger partial charge in [0.2, 0.25) is 5.91 Å². The van der Waals surface area contributed by atoms with Gasteiger partial charge in [0.05, 0.1) is 24.2 Å². The largest absolute Gasteiger partial charge is 1.00 e. The molecule has 9 heteroatoms. The van der Waals surface area contributed by atoms with Crippen molar-refractivity contribution >= 4 is 34.4 Å². The molecule has 1 amide bonds. The standard InChI is InChI=1S/C21H19N5O2S.ClH/c1-2-28-18-11-7-6-10-17(18)23-19(27)14-29-21-24-20-15(12-22-25-20)13-26(21)16-8-4-3-5-9-16;/h3-13H,2,14H2,1H3,(H,23,27);1H. The fraction of sp³-hybridized carbons (Fsp3) is 0.143. The summed E-state index contributed by atoms with van der Waals surface area (Å²) in [4.78, 5) is 17.2. The Morgan fingerprint density at radius 3 is 2.73 bits per heavy atom. The number of para-hydroxylation sites is 3. The number of rotatable bonds is 7. The first-order valence-corrected chi connectivity index (χ1v) is 10.2. The monoisotopic (exact) mass is 441 g/mol. The summed E-state index contributed by atoms with van der Waals surface area (Å²) in [6, 6.07) is 17.3. The van der Waals surface area contributed by atoms with Crippen molar-refractivity contribution < 1.29 is 26.5 Å². The fourth-order valence-electron chi connectivity index (χ4n) is 2.86. The van der Waals surface area contributed by atoms with Crippen molar-refractivity contribution in [2.45, 2.75) is 12.1 Å². The van der Waals surface area contributed by atoms with Crippen LogP contribution in [0.15, 0.2) is 72.1 Å². The van der Waals surface area contributed by atoms with Crippen molar-refractivity contribution in [3.63, 3.8) is 0 Å². The number of hydrogen-bond acceptors (Lipinski definition) is 5. The minimum Gasteiger partial charge on any atom is -1.00 e. The number of nitrogens with zero attached hydrogens (tertiary/aromatic N) is 3. The number of nitrogens with one attached hydrogen (secondary N) is 2. The van der Waals surface area contributed by atoms with Crippen molar-refractivity contribution in [2.75, 3.05) is 17.7 Å². The maximum absolute atomic E-state index is 12.6. The number of aromatic nitrogens is 4. The summed E-state index contributed by atoms with van der Waals surface area (Å²) >= 11 is 1.36. The lowest BCUT2D eigenvalue weighted by Crippen LogP contribution is -3.00. The number of halogens is 1.